The number of hydrogen-bond acceptors (Lipinski definition) is 3. The summed E-state index contributed by atoms with van der Waals surface area (Å²) in [7, 11) is -3.62. The zero-order chi connectivity index (χ0) is 14.8. The van der Waals surface area contributed by atoms with Gasteiger partial charge in [0.1, 0.15) is 0 Å². The van der Waals surface area contributed by atoms with Crippen LogP contribution in [0.2, 0.25) is 5.02 Å². The molecule has 0 radical (unpaired) electrons. The molecule has 1 unspecified atom stereocenters. The summed E-state index contributed by atoms with van der Waals surface area (Å²) in [5, 5.41) is 0.379. The summed E-state index contributed by atoms with van der Waals surface area (Å²) >= 11 is 5.82. The van der Waals surface area contributed by atoms with Crippen LogP contribution in [0.1, 0.15) is 18.5 Å². The van der Waals surface area contributed by atoms with E-state index in [2.05, 4.69) is 4.72 Å². The second kappa shape index (κ2) is 5.83. The van der Waals surface area contributed by atoms with Crippen molar-refractivity contribution in [3.63, 3.8) is 0 Å². The first-order valence-electron chi connectivity index (χ1n) is 6.02. The Balaban J connectivity index is 2.24. The van der Waals surface area contributed by atoms with Crippen LogP contribution < -0.4 is 10.5 Å². The van der Waals surface area contributed by atoms with E-state index in [0.29, 0.717) is 10.7 Å². The van der Waals surface area contributed by atoms with Gasteiger partial charge in [-0.2, -0.15) is 0 Å². The average molecular weight is 311 g/mol. The molecule has 0 saturated heterocycles. The van der Waals surface area contributed by atoms with E-state index < -0.39 is 10.0 Å². The molecule has 2 aromatic carbocycles. The lowest BCUT2D eigenvalue weighted by Crippen LogP contribution is -2.26. The normalized spacial score (nSPS) is 13.1. The fourth-order valence-electron chi connectivity index (χ4n) is 1.83. The van der Waals surface area contributed by atoms with Crippen LogP contribution in [-0.4, -0.2) is 8.42 Å². The molecule has 6 heteroatoms. The Kier molecular flexibility index (Phi) is 4.32. The van der Waals surface area contributed by atoms with Crippen molar-refractivity contribution in [2.75, 3.05) is 5.73 Å². The molecule has 0 aliphatic rings. The molecular formula is C14H15ClN2O2S. The molecular weight excluding hydrogens is 296 g/mol. The fourth-order valence-corrected chi connectivity index (χ4v) is 3.36. The number of halogens is 1. The molecule has 2 rings (SSSR count). The van der Waals surface area contributed by atoms with E-state index in [1.807, 2.05) is 6.07 Å². The Morgan fingerprint density at radius 1 is 1.15 bits per heavy atom. The molecule has 0 bridgehead atoms. The maximum Gasteiger partial charge on any atom is 0.241 e. The fraction of sp³-hybridized carbons (Fsp3) is 0.143. The molecule has 4 nitrogen and oxygen atoms in total. The van der Waals surface area contributed by atoms with Crippen molar-refractivity contribution in [1.82, 2.24) is 4.72 Å². The molecule has 106 valence electrons. The van der Waals surface area contributed by atoms with E-state index in [1.54, 1.807) is 37.3 Å². The Hall–Kier alpha value is -1.56. The molecule has 0 saturated carbocycles. The molecule has 0 aromatic heterocycles. The van der Waals surface area contributed by atoms with E-state index >= 15 is 0 Å². The van der Waals surface area contributed by atoms with Gasteiger partial charge < -0.3 is 5.73 Å². The van der Waals surface area contributed by atoms with Crippen molar-refractivity contribution in [3.8, 4) is 0 Å². The number of sulfonamides is 1. The van der Waals surface area contributed by atoms with Crippen molar-refractivity contribution >= 4 is 27.3 Å². The molecule has 2 aromatic rings. The second-order valence-corrected chi connectivity index (χ2v) is 6.62. The predicted molar refractivity (Wildman–Crippen MR) is 81.0 cm³/mol. The highest BCUT2D eigenvalue weighted by molar-refractivity contribution is 7.89. The van der Waals surface area contributed by atoms with Gasteiger partial charge in [0.05, 0.1) is 4.90 Å². The van der Waals surface area contributed by atoms with Crippen molar-refractivity contribution in [3.05, 3.63) is 59.1 Å². The van der Waals surface area contributed by atoms with E-state index in [-0.39, 0.29) is 10.9 Å². The van der Waals surface area contributed by atoms with Crippen LogP contribution in [-0.2, 0) is 10.0 Å². The summed E-state index contributed by atoms with van der Waals surface area (Å²) in [4.78, 5) is 0.140. The zero-order valence-corrected chi connectivity index (χ0v) is 12.4. The first kappa shape index (κ1) is 14.8. The minimum atomic E-state index is -3.62. The monoisotopic (exact) mass is 310 g/mol. The van der Waals surface area contributed by atoms with Crippen LogP contribution in [0.5, 0.6) is 0 Å². The average Bonchev–Trinajstić information content (AvgIpc) is 2.38. The highest BCUT2D eigenvalue weighted by atomic mass is 35.5. The Morgan fingerprint density at radius 2 is 1.85 bits per heavy atom. The lowest BCUT2D eigenvalue weighted by molar-refractivity contribution is 0.567. The minimum Gasteiger partial charge on any atom is -0.399 e. The summed E-state index contributed by atoms with van der Waals surface area (Å²) in [5.41, 5.74) is 7.09. The summed E-state index contributed by atoms with van der Waals surface area (Å²) in [5.74, 6) is 0. The minimum absolute atomic E-state index is 0.140. The molecule has 0 aliphatic heterocycles. The zero-order valence-electron chi connectivity index (χ0n) is 10.9. The van der Waals surface area contributed by atoms with Crippen LogP contribution in [0.4, 0.5) is 5.69 Å². The van der Waals surface area contributed by atoms with Gasteiger partial charge in [-0.15, -0.1) is 0 Å². The second-order valence-electron chi connectivity index (χ2n) is 4.47. The molecule has 0 fully saturated rings. The number of nitrogen functional groups attached to an aromatic ring is 1. The first-order valence-corrected chi connectivity index (χ1v) is 7.88. The Bertz CT molecular complexity index is 717. The highest BCUT2D eigenvalue weighted by Crippen LogP contribution is 2.20. The number of anilines is 1. The van der Waals surface area contributed by atoms with Crippen molar-refractivity contribution in [1.29, 1.82) is 0 Å². The molecule has 3 N–H and O–H groups in total. The summed E-state index contributed by atoms with van der Waals surface area (Å²) in [6.07, 6.45) is 0. The first-order chi connectivity index (χ1) is 9.38. The standard InChI is InChI=1S/C14H15ClN2O2S/c1-10(11-4-2-6-13(16)8-11)17-20(18,19)14-7-3-5-12(15)9-14/h2-10,17H,16H2,1H3. The lowest BCUT2D eigenvalue weighted by atomic mass is 10.1. The van der Waals surface area contributed by atoms with Gasteiger partial charge in [0.15, 0.2) is 0 Å². The van der Waals surface area contributed by atoms with Gasteiger partial charge in [-0.3, -0.25) is 0 Å². The highest BCUT2D eigenvalue weighted by Gasteiger charge is 2.18. The van der Waals surface area contributed by atoms with E-state index in [4.69, 9.17) is 17.3 Å². The van der Waals surface area contributed by atoms with Gasteiger partial charge in [0.2, 0.25) is 10.0 Å². The van der Waals surface area contributed by atoms with Gasteiger partial charge in [-0.05, 0) is 42.8 Å². The largest absolute Gasteiger partial charge is 0.399 e. The number of hydrogen-bond donors (Lipinski definition) is 2. The van der Waals surface area contributed by atoms with Gasteiger partial charge in [0, 0.05) is 16.8 Å². The maximum absolute atomic E-state index is 12.3. The Labute approximate surface area is 123 Å². The van der Waals surface area contributed by atoms with Crippen LogP contribution in [0.15, 0.2) is 53.4 Å². The van der Waals surface area contributed by atoms with E-state index in [1.165, 1.54) is 12.1 Å². The topological polar surface area (TPSA) is 72.2 Å². The van der Waals surface area contributed by atoms with Crippen molar-refractivity contribution in [2.24, 2.45) is 0 Å². The van der Waals surface area contributed by atoms with Crippen LogP contribution >= 0.6 is 11.6 Å². The summed E-state index contributed by atoms with van der Waals surface area (Å²) in [6.45, 7) is 1.76. The molecule has 0 amide bonds. The molecule has 0 spiro atoms. The maximum atomic E-state index is 12.3. The summed E-state index contributed by atoms with van der Waals surface area (Å²) < 4.78 is 27.1. The third-order valence-electron chi connectivity index (χ3n) is 2.85. The number of nitrogens with one attached hydrogen (secondary N) is 1. The van der Waals surface area contributed by atoms with Crippen molar-refractivity contribution < 1.29 is 8.42 Å². The van der Waals surface area contributed by atoms with Gasteiger partial charge >= 0.3 is 0 Å². The molecule has 20 heavy (non-hydrogen) atoms. The number of rotatable bonds is 4. The van der Waals surface area contributed by atoms with Crippen LogP contribution in [0, 0.1) is 0 Å². The van der Waals surface area contributed by atoms with Gasteiger partial charge in [-0.25, -0.2) is 13.1 Å². The predicted octanol–water partition coefficient (Wildman–Crippen LogP) is 2.96. The van der Waals surface area contributed by atoms with Gasteiger partial charge in [-0.1, -0.05) is 29.8 Å². The Morgan fingerprint density at radius 3 is 2.50 bits per heavy atom. The molecule has 0 aliphatic carbocycles. The summed E-state index contributed by atoms with van der Waals surface area (Å²) in [6, 6.07) is 12.9. The smallest absolute Gasteiger partial charge is 0.241 e. The quantitative estimate of drug-likeness (QED) is 0.853. The van der Waals surface area contributed by atoms with Crippen LogP contribution in [0.3, 0.4) is 0 Å². The number of benzene rings is 2. The van der Waals surface area contributed by atoms with Crippen LogP contribution in [0.25, 0.3) is 0 Å². The van der Waals surface area contributed by atoms with E-state index in [9.17, 15) is 8.42 Å². The number of nitrogens with two attached hydrogens (primary N) is 1. The van der Waals surface area contributed by atoms with Gasteiger partial charge in [0.25, 0.3) is 0 Å². The molecule has 1 atom stereocenters. The molecule has 0 heterocycles. The third-order valence-corrected chi connectivity index (χ3v) is 4.62. The van der Waals surface area contributed by atoms with E-state index in [0.717, 1.165) is 5.56 Å². The third kappa shape index (κ3) is 3.50. The van der Waals surface area contributed by atoms with Crippen molar-refractivity contribution in [2.45, 2.75) is 17.9 Å². The lowest BCUT2D eigenvalue weighted by Gasteiger charge is -2.15. The SMILES string of the molecule is CC(NS(=O)(=O)c1cccc(Cl)c1)c1cccc(N)c1.